The molecule has 2 nitrogen and oxygen atoms in total. The van der Waals surface area contributed by atoms with E-state index >= 15 is 0 Å². The first kappa shape index (κ1) is 14.9. The van der Waals surface area contributed by atoms with Gasteiger partial charge in [0.2, 0.25) is 0 Å². The number of benzene rings is 1. The van der Waals surface area contributed by atoms with Crippen LogP contribution < -0.4 is 4.74 Å². The van der Waals surface area contributed by atoms with E-state index in [0.29, 0.717) is 0 Å². The highest BCUT2D eigenvalue weighted by Crippen LogP contribution is 2.49. The third-order valence-corrected chi connectivity index (χ3v) is 6.00. The van der Waals surface area contributed by atoms with Gasteiger partial charge in [-0.2, -0.15) is 0 Å². The van der Waals surface area contributed by atoms with E-state index in [0.717, 1.165) is 29.5 Å². The normalized spacial score (nSPS) is 24.9. The molecule has 1 aliphatic rings. The number of aliphatic hydroxyl groups excluding tert-OH is 1. The van der Waals surface area contributed by atoms with Crippen molar-refractivity contribution in [2.75, 3.05) is 0 Å². The lowest BCUT2D eigenvalue weighted by Crippen LogP contribution is -2.59. The number of ether oxygens (including phenoxy) is 1. The summed E-state index contributed by atoms with van der Waals surface area (Å²) in [7, 11) is 0. The summed E-state index contributed by atoms with van der Waals surface area (Å²) in [5.74, 6) is 0.918. The second-order valence-corrected chi connectivity index (χ2v) is 6.46. The summed E-state index contributed by atoms with van der Waals surface area (Å²) in [6, 6.07) is 4.13. The number of halogens is 1. The Labute approximate surface area is 124 Å². The van der Waals surface area contributed by atoms with Crippen molar-refractivity contribution in [1.29, 1.82) is 0 Å². The number of hydrogen-bond acceptors (Lipinski definition) is 2. The maximum Gasteiger partial charge on any atom is 0.120 e. The monoisotopic (exact) mass is 326 g/mol. The van der Waals surface area contributed by atoms with Crippen LogP contribution in [0.3, 0.4) is 0 Å². The summed E-state index contributed by atoms with van der Waals surface area (Å²) in [5.41, 5.74) is 2.32. The maximum absolute atomic E-state index is 10.1. The Balaban J connectivity index is 2.19. The molecule has 1 fully saturated rings. The van der Waals surface area contributed by atoms with Gasteiger partial charge in [-0.25, -0.2) is 0 Å². The molecule has 0 radical (unpaired) electrons. The largest absolute Gasteiger partial charge is 0.490 e. The predicted molar refractivity (Wildman–Crippen MR) is 81.7 cm³/mol. The van der Waals surface area contributed by atoms with Gasteiger partial charge in [0.25, 0.3) is 0 Å². The van der Waals surface area contributed by atoms with Gasteiger partial charge in [0, 0.05) is 16.3 Å². The Kier molecular flexibility index (Phi) is 4.26. The molecule has 0 bridgehead atoms. The molecule has 2 rings (SSSR count). The zero-order valence-corrected chi connectivity index (χ0v) is 13.8. The molecule has 2 atom stereocenters. The highest BCUT2D eigenvalue weighted by Gasteiger charge is 2.53. The molecule has 0 amide bonds. The number of aliphatic hydroxyl groups is 1. The summed E-state index contributed by atoms with van der Waals surface area (Å²) >= 11 is 3.57. The van der Waals surface area contributed by atoms with Gasteiger partial charge in [-0.15, -0.1) is 0 Å². The van der Waals surface area contributed by atoms with Gasteiger partial charge in [0.15, 0.2) is 0 Å². The fourth-order valence-corrected chi connectivity index (χ4v) is 3.44. The molecule has 0 saturated heterocycles. The van der Waals surface area contributed by atoms with Crippen molar-refractivity contribution in [3.63, 3.8) is 0 Å². The van der Waals surface area contributed by atoms with Crippen LogP contribution in [0.1, 0.15) is 44.2 Å². The van der Waals surface area contributed by atoms with E-state index in [1.165, 1.54) is 11.1 Å². The molecule has 1 saturated carbocycles. The van der Waals surface area contributed by atoms with E-state index < -0.39 is 0 Å². The highest BCUT2D eigenvalue weighted by atomic mass is 79.9. The Morgan fingerprint density at radius 2 is 1.79 bits per heavy atom. The molecule has 2 unspecified atom stereocenters. The summed E-state index contributed by atoms with van der Waals surface area (Å²) in [6.45, 7) is 8.43. The van der Waals surface area contributed by atoms with E-state index in [9.17, 15) is 5.11 Å². The van der Waals surface area contributed by atoms with Gasteiger partial charge in [0.05, 0.1) is 6.10 Å². The Hall–Kier alpha value is -0.540. The number of rotatable bonds is 4. The van der Waals surface area contributed by atoms with Gasteiger partial charge in [0.1, 0.15) is 11.9 Å². The van der Waals surface area contributed by atoms with Crippen LogP contribution in [0, 0.1) is 19.3 Å². The van der Waals surface area contributed by atoms with E-state index in [-0.39, 0.29) is 17.6 Å². The van der Waals surface area contributed by atoms with E-state index in [4.69, 9.17) is 4.74 Å². The van der Waals surface area contributed by atoms with E-state index in [2.05, 4.69) is 55.8 Å². The summed E-state index contributed by atoms with van der Waals surface area (Å²) in [5, 5.41) is 10.1. The van der Waals surface area contributed by atoms with Crippen molar-refractivity contribution in [3.05, 3.63) is 27.7 Å². The topological polar surface area (TPSA) is 29.5 Å². The van der Waals surface area contributed by atoms with Gasteiger partial charge < -0.3 is 9.84 Å². The SMILES string of the molecule is CCC1(CC)C(O)CC1Oc1cc(C)c(Br)c(C)c1. The van der Waals surface area contributed by atoms with Crippen LogP contribution in [0.2, 0.25) is 0 Å². The van der Waals surface area contributed by atoms with Crippen LogP contribution in [0.25, 0.3) is 0 Å². The zero-order chi connectivity index (χ0) is 14.2. The lowest BCUT2D eigenvalue weighted by Gasteiger charge is -2.52. The van der Waals surface area contributed by atoms with Gasteiger partial charge in [-0.1, -0.05) is 29.8 Å². The second-order valence-electron chi connectivity index (χ2n) is 5.67. The molecule has 1 N–H and O–H groups in total. The standard InChI is InChI=1S/C16H23BrO2/c1-5-16(6-2)13(18)9-14(16)19-12-7-10(3)15(17)11(4)8-12/h7-8,13-14,18H,5-6,9H2,1-4H3. The quantitative estimate of drug-likeness (QED) is 0.889. The first-order chi connectivity index (χ1) is 8.94. The molecule has 0 aliphatic heterocycles. The molecule has 1 aliphatic carbocycles. The minimum Gasteiger partial charge on any atom is -0.490 e. The lowest BCUT2D eigenvalue weighted by molar-refractivity contribution is -0.159. The molecule has 0 heterocycles. The third kappa shape index (κ3) is 2.43. The predicted octanol–water partition coefficient (Wildman–Crippen LogP) is 4.38. The van der Waals surface area contributed by atoms with Crippen molar-refractivity contribution in [1.82, 2.24) is 0 Å². The lowest BCUT2D eigenvalue weighted by atomic mass is 9.60. The summed E-state index contributed by atoms with van der Waals surface area (Å²) < 4.78 is 7.30. The Bertz CT molecular complexity index is 443. The molecule has 0 spiro atoms. The molecule has 19 heavy (non-hydrogen) atoms. The summed E-state index contributed by atoms with van der Waals surface area (Å²) in [6.07, 6.45) is 2.59. The van der Waals surface area contributed by atoms with Crippen LogP contribution >= 0.6 is 15.9 Å². The number of aryl methyl sites for hydroxylation is 2. The van der Waals surface area contributed by atoms with Crippen LogP contribution in [-0.4, -0.2) is 17.3 Å². The summed E-state index contributed by atoms with van der Waals surface area (Å²) in [4.78, 5) is 0. The highest BCUT2D eigenvalue weighted by molar-refractivity contribution is 9.10. The fourth-order valence-electron chi connectivity index (χ4n) is 3.21. The average molecular weight is 327 g/mol. The van der Waals surface area contributed by atoms with E-state index in [1.54, 1.807) is 0 Å². The molecule has 3 heteroatoms. The number of hydrogen-bond donors (Lipinski definition) is 1. The van der Waals surface area contributed by atoms with Crippen LogP contribution in [0.15, 0.2) is 16.6 Å². The Morgan fingerprint density at radius 3 is 2.21 bits per heavy atom. The first-order valence-corrected chi connectivity index (χ1v) is 7.85. The van der Waals surface area contributed by atoms with Crippen LogP contribution in [0.5, 0.6) is 5.75 Å². The van der Waals surface area contributed by atoms with Gasteiger partial charge in [-0.3, -0.25) is 0 Å². The minimum atomic E-state index is -0.217. The molecule has 0 aromatic heterocycles. The first-order valence-electron chi connectivity index (χ1n) is 7.06. The molecule has 106 valence electrons. The smallest absolute Gasteiger partial charge is 0.120 e. The van der Waals surface area contributed by atoms with Gasteiger partial charge >= 0.3 is 0 Å². The van der Waals surface area contributed by atoms with Crippen molar-refractivity contribution in [3.8, 4) is 5.75 Å². The second kappa shape index (κ2) is 5.45. The maximum atomic E-state index is 10.1. The van der Waals surface area contributed by atoms with Crippen molar-refractivity contribution >= 4 is 15.9 Å². The van der Waals surface area contributed by atoms with Gasteiger partial charge in [-0.05, 0) is 49.9 Å². The third-order valence-electron chi connectivity index (χ3n) is 4.75. The zero-order valence-electron chi connectivity index (χ0n) is 12.2. The molecule has 1 aromatic carbocycles. The Morgan fingerprint density at radius 1 is 1.26 bits per heavy atom. The molecule has 1 aromatic rings. The van der Waals surface area contributed by atoms with E-state index in [1.807, 2.05) is 0 Å². The van der Waals surface area contributed by atoms with Crippen LogP contribution in [-0.2, 0) is 0 Å². The molecular weight excluding hydrogens is 304 g/mol. The van der Waals surface area contributed by atoms with Crippen molar-refractivity contribution < 1.29 is 9.84 Å². The minimum absolute atomic E-state index is 0.0606. The average Bonchev–Trinajstić information content (AvgIpc) is 2.37. The fraction of sp³-hybridized carbons (Fsp3) is 0.625. The van der Waals surface area contributed by atoms with Crippen LogP contribution in [0.4, 0.5) is 0 Å². The van der Waals surface area contributed by atoms with Crippen molar-refractivity contribution in [2.24, 2.45) is 5.41 Å². The molecular formula is C16H23BrO2. The van der Waals surface area contributed by atoms with Crippen molar-refractivity contribution in [2.45, 2.75) is 59.2 Å².